The van der Waals surface area contributed by atoms with Crippen molar-refractivity contribution < 1.29 is 9.72 Å². The summed E-state index contributed by atoms with van der Waals surface area (Å²) in [6, 6.07) is 3.15. The molecule has 108 valence electrons. The van der Waals surface area contributed by atoms with Crippen LogP contribution in [0.3, 0.4) is 0 Å². The largest absolute Gasteiger partial charge is 0.324 e. The molecule has 1 aliphatic heterocycles. The molecule has 0 aliphatic carbocycles. The molecule has 0 aromatic heterocycles. The lowest BCUT2D eigenvalue weighted by atomic mass is 9.98. The van der Waals surface area contributed by atoms with Crippen molar-refractivity contribution in [3.8, 4) is 0 Å². The molecule has 0 bridgehead atoms. The van der Waals surface area contributed by atoms with Crippen LogP contribution < -0.4 is 10.6 Å². The molecule has 6 heteroatoms. The third-order valence-corrected chi connectivity index (χ3v) is 3.86. The Morgan fingerprint density at radius 3 is 2.65 bits per heavy atom. The predicted molar refractivity (Wildman–Crippen MR) is 76.8 cm³/mol. The van der Waals surface area contributed by atoms with E-state index in [0.29, 0.717) is 11.3 Å². The highest BCUT2D eigenvalue weighted by atomic mass is 16.6. The van der Waals surface area contributed by atoms with Gasteiger partial charge in [0.05, 0.1) is 16.1 Å². The summed E-state index contributed by atoms with van der Waals surface area (Å²) in [5.41, 5.74) is 1.35. The van der Waals surface area contributed by atoms with Crippen LogP contribution in [0.15, 0.2) is 12.1 Å². The Morgan fingerprint density at radius 2 is 2.10 bits per heavy atom. The lowest BCUT2D eigenvalue weighted by Gasteiger charge is -2.23. The number of nitrogens with zero attached hydrogens (tertiary/aromatic N) is 1. The van der Waals surface area contributed by atoms with Crippen LogP contribution >= 0.6 is 0 Å². The third kappa shape index (κ3) is 2.65. The molecule has 2 N–H and O–H groups in total. The fraction of sp³-hybridized carbons (Fsp3) is 0.500. The van der Waals surface area contributed by atoms with Crippen LogP contribution in [0, 0.1) is 24.0 Å². The van der Waals surface area contributed by atoms with Crippen molar-refractivity contribution in [3.63, 3.8) is 0 Å². The van der Waals surface area contributed by atoms with Crippen molar-refractivity contribution in [2.75, 3.05) is 11.9 Å². The molecule has 2 rings (SSSR count). The predicted octanol–water partition coefficient (Wildman–Crippen LogP) is 2.29. The summed E-state index contributed by atoms with van der Waals surface area (Å²) in [7, 11) is 0. The molecule has 1 aliphatic rings. The maximum atomic E-state index is 12.3. The minimum Gasteiger partial charge on any atom is -0.324 e. The first-order chi connectivity index (χ1) is 9.33. The van der Waals surface area contributed by atoms with E-state index >= 15 is 0 Å². The maximum absolute atomic E-state index is 12.3. The molecule has 1 aromatic carbocycles. The van der Waals surface area contributed by atoms with Gasteiger partial charge in [0.2, 0.25) is 5.91 Å². The Labute approximate surface area is 117 Å². The summed E-state index contributed by atoms with van der Waals surface area (Å²) in [6.07, 6.45) is 1.72. The van der Waals surface area contributed by atoms with E-state index in [1.54, 1.807) is 13.0 Å². The number of amides is 1. The van der Waals surface area contributed by atoms with Gasteiger partial charge in [-0.25, -0.2) is 0 Å². The second-order valence-corrected chi connectivity index (χ2v) is 5.53. The molecule has 1 aromatic rings. The van der Waals surface area contributed by atoms with Gasteiger partial charge in [-0.1, -0.05) is 0 Å². The molecular weight excluding hydrogens is 258 g/mol. The molecule has 20 heavy (non-hydrogen) atoms. The van der Waals surface area contributed by atoms with Gasteiger partial charge in [-0.3, -0.25) is 14.9 Å². The highest BCUT2D eigenvalue weighted by molar-refractivity contribution is 5.98. The van der Waals surface area contributed by atoms with Crippen LogP contribution in [-0.2, 0) is 4.79 Å². The van der Waals surface area contributed by atoms with Crippen molar-refractivity contribution in [3.05, 3.63) is 33.4 Å². The summed E-state index contributed by atoms with van der Waals surface area (Å²) in [5.74, 6) is -0.142. The van der Waals surface area contributed by atoms with Crippen molar-refractivity contribution in [1.29, 1.82) is 0 Å². The van der Waals surface area contributed by atoms with E-state index < -0.39 is 10.5 Å². The fourth-order valence-electron chi connectivity index (χ4n) is 2.52. The third-order valence-electron chi connectivity index (χ3n) is 3.86. The van der Waals surface area contributed by atoms with Gasteiger partial charge in [0.15, 0.2) is 0 Å². The lowest BCUT2D eigenvalue weighted by molar-refractivity contribution is -0.385. The Hall–Kier alpha value is -1.95. The van der Waals surface area contributed by atoms with Crippen molar-refractivity contribution >= 4 is 17.3 Å². The standard InChI is InChI=1S/C14H19N3O3/c1-9-7-10(2)12(17(19)20)8-11(9)16-13(18)14(3)5-4-6-15-14/h7-8,15H,4-6H2,1-3H3,(H,16,18). The zero-order chi connectivity index (χ0) is 14.9. The van der Waals surface area contributed by atoms with Gasteiger partial charge in [-0.2, -0.15) is 0 Å². The van der Waals surface area contributed by atoms with Gasteiger partial charge in [-0.15, -0.1) is 0 Å². The quantitative estimate of drug-likeness (QED) is 0.655. The van der Waals surface area contributed by atoms with E-state index in [-0.39, 0.29) is 11.6 Å². The number of nitro groups is 1. The Kier molecular flexibility index (Phi) is 3.76. The van der Waals surface area contributed by atoms with E-state index in [9.17, 15) is 14.9 Å². The van der Waals surface area contributed by atoms with E-state index in [1.165, 1.54) is 6.07 Å². The van der Waals surface area contributed by atoms with Crippen LogP contribution in [0.2, 0.25) is 0 Å². The highest BCUT2D eigenvalue weighted by Crippen LogP contribution is 2.28. The molecular formula is C14H19N3O3. The van der Waals surface area contributed by atoms with Gasteiger partial charge >= 0.3 is 0 Å². The fourth-order valence-corrected chi connectivity index (χ4v) is 2.52. The van der Waals surface area contributed by atoms with E-state index in [1.807, 2.05) is 13.8 Å². The number of nitro benzene ring substituents is 1. The molecule has 6 nitrogen and oxygen atoms in total. The number of nitrogens with one attached hydrogen (secondary N) is 2. The maximum Gasteiger partial charge on any atom is 0.274 e. The number of rotatable bonds is 3. The van der Waals surface area contributed by atoms with Gasteiger partial charge in [0, 0.05) is 11.6 Å². The monoisotopic (exact) mass is 277 g/mol. The lowest BCUT2D eigenvalue weighted by Crippen LogP contribution is -2.48. The zero-order valence-corrected chi connectivity index (χ0v) is 11.9. The first-order valence-electron chi connectivity index (χ1n) is 6.65. The van der Waals surface area contributed by atoms with Crippen molar-refractivity contribution in [2.45, 2.75) is 39.2 Å². The number of carbonyl (C=O) groups is 1. The number of benzene rings is 1. The molecule has 1 saturated heterocycles. The molecule has 1 amide bonds. The molecule has 0 radical (unpaired) electrons. The summed E-state index contributed by atoms with van der Waals surface area (Å²) in [6.45, 7) is 6.19. The highest BCUT2D eigenvalue weighted by Gasteiger charge is 2.36. The molecule has 0 saturated carbocycles. The number of anilines is 1. The number of hydrogen-bond acceptors (Lipinski definition) is 4. The van der Waals surface area contributed by atoms with Gasteiger partial charge in [0.1, 0.15) is 0 Å². The minimum atomic E-state index is -0.591. The summed E-state index contributed by atoms with van der Waals surface area (Å²) < 4.78 is 0. The summed E-state index contributed by atoms with van der Waals surface area (Å²) in [4.78, 5) is 22.9. The number of aryl methyl sites for hydroxylation is 2. The Morgan fingerprint density at radius 1 is 1.40 bits per heavy atom. The van der Waals surface area contributed by atoms with Crippen LogP contribution in [0.4, 0.5) is 11.4 Å². The topological polar surface area (TPSA) is 84.3 Å². The first kappa shape index (κ1) is 14.5. The SMILES string of the molecule is Cc1cc(C)c([N+](=O)[O-])cc1NC(=O)C1(C)CCCN1. The van der Waals surface area contributed by atoms with Crippen molar-refractivity contribution in [2.24, 2.45) is 0 Å². The van der Waals surface area contributed by atoms with E-state index in [4.69, 9.17) is 0 Å². The van der Waals surface area contributed by atoms with Gasteiger partial charge < -0.3 is 10.6 Å². The average molecular weight is 277 g/mol. The second-order valence-electron chi connectivity index (χ2n) is 5.53. The molecule has 0 spiro atoms. The Balaban J connectivity index is 2.27. The summed E-state index contributed by atoms with van der Waals surface area (Å²) in [5, 5.41) is 17.0. The smallest absolute Gasteiger partial charge is 0.274 e. The van der Waals surface area contributed by atoms with Gasteiger partial charge in [0.25, 0.3) is 5.69 Å². The molecule has 1 heterocycles. The van der Waals surface area contributed by atoms with E-state index in [0.717, 1.165) is 24.9 Å². The normalized spacial score (nSPS) is 21.8. The molecule has 1 atom stereocenters. The summed E-state index contributed by atoms with van der Waals surface area (Å²) >= 11 is 0. The van der Waals surface area contributed by atoms with Crippen LogP contribution in [0.1, 0.15) is 30.9 Å². The average Bonchev–Trinajstić information content (AvgIpc) is 2.80. The second kappa shape index (κ2) is 5.20. The number of carbonyl (C=O) groups excluding carboxylic acids is 1. The first-order valence-corrected chi connectivity index (χ1v) is 6.65. The zero-order valence-electron chi connectivity index (χ0n) is 11.9. The van der Waals surface area contributed by atoms with Crippen LogP contribution in [0.25, 0.3) is 0 Å². The van der Waals surface area contributed by atoms with Crippen LogP contribution in [-0.4, -0.2) is 22.9 Å². The van der Waals surface area contributed by atoms with Crippen molar-refractivity contribution in [1.82, 2.24) is 5.32 Å². The minimum absolute atomic E-state index is 0.0236. The molecule has 1 unspecified atom stereocenters. The Bertz CT molecular complexity index is 563. The van der Waals surface area contributed by atoms with Crippen LogP contribution in [0.5, 0.6) is 0 Å². The molecule has 1 fully saturated rings. The van der Waals surface area contributed by atoms with E-state index in [2.05, 4.69) is 10.6 Å². The number of hydrogen-bond donors (Lipinski definition) is 2. The van der Waals surface area contributed by atoms with Gasteiger partial charge in [-0.05, 0) is 51.8 Å².